The summed E-state index contributed by atoms with van der Waals surface area (Å²) in [5.74, 6) is 0.112. The molecule has 3 rings (SSSR count). The Morgan fingerprint density at radius 2 is 2.00 bits per heavy atom. The summed E-state index contributed by atoms with van der Waals surface area (Å²) in [6.45, 7) is 7.83. The summed E-state index contributed by atoms with van der Waals surface area (Å²) in [6, 6.07) is 7.60. The van der Waals surface area contributed by atoms with E-state index in [1.165, 1.54) is 11.3 Å². The number of carbonyl (C=O) groups is 1. The third-order valence-electron chi connectivity index (χ3n) is 4.82. The molecule has 2 aromatic heterocycles. The molecule has 0 saturated heterocycles. The van der Waals surface area contributed by atoms with Crippen LogP contribution in [0, 0.1) is 6.92 Å². The van der Waals surface area contributed by atoms with Gasteiger partial charge in [-0.3, -0.25) is 4.79 Å². The average Bonchev–Trinajstić information content (AvgIpc) is 3.04. The molecule has 0 fully saturated rings. The van der Waals surface area contributed by atoms with Gasteiger partial charge in [0, 0.05) is 11.1 Å². The lowest BCUT2D eigenvalue weighted by Gasteiger charge is -2.22. The second-order valence-corrected chi connectivity index (χ2v) is 8.24. The van der Waals surface area contributed by atoms with Crippen LogP contribution in [0.3, 0.4) is 0 Å². The first-order valence-corrected chi connectivity index (χ1v) is 10.8. The monoisotopic (exact) mass is 433 g/mol. The van der Waals surface area contributed by atoms with Gasteiger partial charge in [-0.2, -0.15) is 0 Å². The maximum absolute atomic E-state index is 12.7. The quantitative estimate of drug-likeness (QED) is 0.516. The van der Waals surface area contributed by atoms with Crippen molar-refractivity contribution in [3.63, 3.8) is 0 Å². The van der Waals surface area contributed by atoms with E-state index in [9.17, 15) is 9.59 Å². The third kappa shape index (κ3) is 4.52. The Balaban J connectivity index is 1.91. The summed E-state index contributed by atoms with van der Waals surface area (Å²) in [7, 11) is 0. The molecule has 0 spiro atoms. The maximum atomic E-state index is 12.7. The molecule has 2 N–H and O–H groups in total. The van der Waals surface area contributed by atoms with Crippen LogP contribution in [-0.2, 0) is 4.74 Å². The topological polar surface area (TPSA) is 84.1 Å². The number of nitrogens with one attached hydrogen (secondary N) is 2. The number of halogens is 1. The Bertz CT molecular complexity index is 1080. The zero-order valence-corrected chi connectivity index (χ0v) is 18.4. The standard InChI is InChI=1S/C21H24ClN3O3S/c1-5-15(13-7-9-14(22)10-8-13)23-12(4)18-24-19(26)16-11(3)17(21(27)28-6-2)29-20(16)25-18/h7-10,12,15,23H,5-6H2,1-4H3,(H,24,25,26). The molecule has 154 valence electrons. The van der Waals surface area contributed by atoms with Gasteiger partial charge in [0.1, 0.15) is 15.5 Å². The highest BCUT2D eigenvalue weighted by Crippen LogP contribution is 2.29. The number of H-pyrrole nitrogens is 1. The van der Waals surface area contributed by atoms with Gasteiger partial charge in [0.2, 0.25) is 0 Å². The molecule has 3 aromatic rings. The lowest BCUT2D eigenvalue weighted by atomic mass is 10.0. The van der Waals surface area contributed by atoms with E-state index in [1.807, 2.05) is 31.2 Å². The van der Waals surface area contributed by atoms with E-state index in [-0.39, 0.29) is 24.2 Å². The zero-order valence-electron chi connectivity index (χ0n) is 16.8. The van der Waals surface area contributed by atoms with Crippen molar-refractivity contribution in [3.05, 3.63) is 61.5 Å². The van der Waals surface area contributed by atoms with Crippen LogP contribution in [0.1, 0.15) is 65.9 Å². The van der Waals surface area contributed by atoms with Gasteiger partial charge >= 0.3 is 5.97 Å². The summed E-state index contributed by atoms with van der Waals surface area (Å²) in [4.78, 5) is 33.3. The number of benzene rings is 1. The Labute approximate surface area is 178 Å². The van der Waals surface area contributed by atoms with Crippen molar-refractivity contribution in [2.24, 2.45) is 0 Å². The number of rotatable bonds is 7. The van der Waals surface area contributed by atoms with Gasteiger partial charge in [0.25, 0.3) is 5.56 Å². The summed E-state index contributed by atoms with van der Waals surface area (Å²) < 4.78 is 5.09. The van der Waals surface area contributed by atoms with Crippen LogP contribution in [0.25, 0.3) is 10.2 Å². The van der Waals surface area contributed by atoms with Crippen LogP contribution in [0.5, 0.6) is 0 Å². The van der Waals surface area contributed by atoms with Crippen molar-refractivity contribution in [2.75, 3.05) is 6.61 Å². The van der Waals surface area contributed by atoms with E-state index in [0.29, 0.717) is 31.5 Å². The number of hydrogen-bond acceptors (Lipinski definition) is 6. The third-order valence-corrected chi connectivity index (χ3v) is 6.24. The number of nitrogens with zero attached hydrogens (tertiary/aromatic N) is 1. The molecule has 0 aliphatic carbocycles. The number of aryl methyl sites for hydroxylation is 1. The van der Waals surface area contributed by atoms with E-state index < -0.39 is 5.97 Å². The number of thiophene rings is 1. The first-order chi connectivity index (χ1) is 13.8. The van der Waals surface area contributed by atoms with Gasteiger partial charge in [-0.1, -0.05) is 30.7 Å². The first kappa shape index (κ1) is 21.5. The molecular formula is C21H24ClN3O3S. The minimum atomic E-state index is -0.422. The lowest BCUT2D eigenvalue weighted by molar-refractivity contribution is 0.0531. The lowest BCUT2D eigenvalue weighted by Crippen LogP contribution is -2.27. The molecule has 0 radical (unpaired) electrons. The number of aromatic nitrogens is 2. The number of carbonyl (C=O) groups excluding carboxylic acids is 1. The normalized spacial score (nSPS) is 13.4. The number of fused-ring (bicyclic) bond motifs is 1. The fraction of sp³-hybridized carbons (Fsp3) is 0.381. The molecule has 0 bridgehead atoms. The number of esters is 1. The van der Waals surface area contributed by atoms with Crippen LogP contribution in [0.2, 0.25) is 5.02 Å². The van der Waals surface area contributed by atoms with Crippen LogP contribution in [-0.4, -0.2) is 22.5 Å². The maximum Gasteiger partial charge on any atom is 0.348 e. The predicted octanol–water partition coefficient (Wildman–Crippen LogP) is 4.93. The molecular weight excluding hydrogens is 410 g/mol. The van der Waals surface area contributed by atoms with Gasteiger partial charge in [-0.05, 0) is 50.5 Å². The zero-order chi connectivity index (χ0) is 21.1. The van der Waals surface area contributed by atoms with Gasteiger partial charge in [-0.25, -0.2) is 9.78 Å². The molecule has 0 amide bonds. The molecule has 2 atom stereocenters. The van der Waals surface area contributed by atoms with Crippen molar-refractivity contribution in [3.8, 4) is 0 Å². The molecule has 1 aromatic carbocycles. The Kier molecular flexibility index (Phi) is 6.72. The molecule has 29 heavy (non-hydrogen) atoms. The van der Waals surface area contributed by atoms with Crippen LogP contribution in [0.15, 0.2) is 29.1 Å². The van der Waals surface area contributed by atoms with E-state index in [2.05, 4.69) is 22.2 Å². The molecule has 0 aliphatic rings. The van der Waals surface area contributed by atoms with E-state index in [4.69, 9.17) is 16.3 Å². The highest BCUT2D eigenvalue weighted by atomic mass is 35.5. The summed E-state index contributed by atoms with van der Waals surface area (Å²) >= 11 is 7.18. The van der Waals surface area contributed by atoms with Crippen LogP contribution in [0.4, 0.5) is 0 Å². The summed E-state index contributed by atoms with van der Waals surface area (Å²) in [5, 5.41) is 4.65. The largest absolute Gasteiger partial charge is 0.462 e. The summed E-state index contributed by atoms with van der Waals surface area (Å²) in [6.07, 6.45) is 0.865. The molecule has 6 nitrogen and oxygen atoms in total. The molecule has 2 heterocycles. The minimum absolute atomic E-state index is 0.0865. The van der Waals surface area contributed by atoms with Crippen molar-refractivity contribution >= 4 is 39.1 Å². The smallest absolute Gasteiger partial charge is 0.348 e. The molecule has 2 unspecified atom stereocenters. The highest BCUT2D eigenvalue weighted by molar-refractivity contribution is 7.20. The predicted molar refractivity (Wildman–Crippen MR) is 117 cm³/mol. The number of ether oxygens (including phenoxy) is 1. The summed E-state index contributed by atoms with van der Waals surface area (Å²) in [5.41, 5.74) is 1.48. The minimum Gasteiger partial charge on any atom is -0.462 e. The van der Waals surface area contributed by atoms with E-state index >= 15 is 0 Å². The second kappa shape index (κ2) is 9.07. The van der Waals surface area contributed by atoms with E-state index in [1.54, 1.807) is 13.8 Å². The van der Waals surface area contributed by atoms with Crippen molar-refractivity contribution in [1.29, 1.82) is 0 Å². The Hall–Kier alpha value is -2.22. The molecule has 0 saturated carbocycles. The fourth-order valence-corrected chi connectivity index (χ4v) is 4.49. The van der Waals surface area contributed by atoms with Crippen LogP contribution < -0.4 is 10.9 Å². The van der Waals surface area contributed by atoms with Gasteiger partial charge in [0.15, 0.2) is 0 Å². The second-order valence-electron chi connectivity index (χ2n) is 6.81. The number of hydrogen-bond donors (Lipinski definition) is 2. The van der Waals surface area contributed by atoms with Crippen LogP contribution >= 0.6 is 22.9 Å². The molecule has 0 aliphatic heterocycles. The molecule has 8 heteroatoms. The van der Waals surface area contributed by atoms with E-state index in [0.717, 1.165) is 12.0 Å². The first-order valence-electron chi connectivity index (χ1n) is 9.57. The van der Waals surface area contributed by atoms with Gasteiger partial charge in [0.05, 0.1) is 18.0 Å². The van der Waals surface area contributed by atoms with Crippen molar-refractivity contribution < 1.29 is 9.53 Å². The SMILES string of the molecule is CCOC(=O)c1sc2nc(C(C)NC(CC)c3ccc(Cl)cc3)[nH]c(=O)c2c1C. The average molecular weight is 434 g/mol. The Morgan fingerprint density at radius 1 is 1.31 bits per heavy atom. The highest BCUT2D eigenvalue weighted by Gasteiger charge is 2.22. The number of aromatic amines is 1. The fourth-order valence-electron chi connectivity index (χ4n) is 3.28. The van der Waals surface area contributed by atoms with Gasteiger partial charge < -0.3 is 15.0 Å². The van der Waals surface area contributed by atoms with Crippen molar-refractivity contribution in [1.82, 2.24) is 15.3 Å². The Morgan fingerprint density at radius 3 is 2.62 bits per heavy atom. The van der Waals surface area contributed by atoms with Crippen molar-refractivity contribution in [2.45, 2.75) is 46.2 Å². The van der Waals surface area contributed by atoms with Gasteiger partial charge in [-0.15, -0.1) is 11.3 Å².